The van der Waals surface area contributed by atoms with Crippen LogP contribution in [0.1, 0.15) is 21.7 Å². The van der Waals surface area contributed by atoms with E-state index in [1.165, 1.54) is 30.0 Å². The SMILES string of the molecule is Cc1nc(C(F)(F)F)ccc1C(=O)Nc1ccccc1Sc1nncs1. The molecule has 0 saturated carbocycles. The lowest BCUT2D eigenvalue weighted by molar-refractivity contribution is -0.141. The summed E-state index contributed by atoms with van der Waals surface area (Å²) in [6, 6.07) is 8.99. The molecule has 0 bridgehead atoms. The van der Waals surface area contributed by atoms with E-state index >= 15 is 0 Å². The number of nitrogens with zero attached hydrogens (tertiary/aromatic N) is 3. The van der Waals surface area contributed by atoms with E-state index in [2.05, 4.69) is 20.5 Å². The van der Waals surface area contributed by atoms with E-state index in [0.29, 0.717) is 10.0 Å². The molecule has 0 aliphatic carbocycles. The Morgan fingerprint density at radius 2 is 1.96 bits per heavy atom. The Hall–Kier alpha value is -2.46. The lowest BCUT2D eigenvalue weighted by Crippen LogP contribution is -2.17. The Labute approximate surface area is 154 Å². The van der Waals surface area contributed by atoms with E-state index in [1.807, 2.05) is 6.07 Å². The minimum atomic E-state index is -4.55. The number of aryl methyl sites for hydroxylation is 1. The van der Waals surface area contributed by atoms with Gasteiger partial charge >= 0.3 is 6.18 Å². The highest BCUT2D eigenvalue weighted by Gasteiger charge is 2.33. The fourth-order valence-corrected chi connectivity index (χ4v) is 3.63. The van der Waals surface area contributed by atoms with Gasteiger partial charge in [-0.3, -0.25) is 4.79 Å². The summed E-state index contributed by atoms with van der Waals surface area (Å²) < 4.78 is 38.8. The Morgan fingerprint density at radius 3 is 2.62 bits per heavy atom. The number of halogens is 3. The Bertz CT molecular complexity index is 929. The zero-order valence-electron chi connectivity index (χ0n) is 13.2. The van der Waals surface area contributed by atoms with Crippen LogP contribution in [0.4, 0.5) is 18.9 Å². The van der Waals surface area contributed by atoms with Gasteiger partial charge in [0.05, 0.1) is 16.9 Å². The Balaban J connectivity index is 1.83. The van der Waals surface area contributed by atoms with Crippen molar-refractivity contribution in [2.45, 2.75) is 22.3 Å². The fourth-order valence-electron chi connectivity index (χ4n) is 2.11. The predicted molar refractivity (Wildman–Crippen MR) is 92.4 cm³/mol. The smallest absolute Gasteiger partial charge is 0.321 e. The molecule has 134 valence electrons. The van der Waals surface area contributed by atoms with E-state index in [0.717, 1.165) is 17.0 Å². The van der Waals surface area contributed by atoms with Crippen LogP contribution in [-0.2, 0) is 6.18 Å². The van der Waals surface area contributed by atoms with Crippen molar-refractivity contribution in [3.05, 3.63) is 58.9 Å². The highest BCUT2D eigenvalue weighted by atomic mass is 32.2. The number of nitrogens with one attached hydrogen (secondary N) is 1. The summed E-state index contributed by atoms with van der Waals surface area (Å²) in [6.45, 7) is 1.37. The monoisotopic (exact) mass is 396 g/mol. The minimum absolute atomic E-state index is 0.00610. The average molecular weight is 396 g/mol. The molecule has 0 spiro atoms. The molecule has 1 amide bonds. The van der Waals surface area contributed by atoms with Crippen LogP contribution in [0.3, 0.4) is 0 Å². The number of benzene rings is 1. The van der Waals surface area contributed by atoms with Crippen molar-refractivity contribution in [1.29, 1.82) is 0 Å². The van der Waals surface area contributed by atoms with Crippen molar-refractivity contribution in [2.75, 3.05) is 5.32 Å². The van der Waals surface area contributed by atoms with Gasteiger partial charge in [0.2, 0.25) is 0 Å². The minimum Gasteiger partial charge on any atom is -0.321 e. The van der Waals surface area contributed by atoms with Gasteiger partial charge in [-0.1, -0.05) is 35.2 Å². The first kappa shape index (κ1) is 18.3. The predicted octanol–water partition coefficient (Wildman–Crippen LogP) is 4.66. The van der Waals surface area contributed by atoms with Gasteiger partial charge in [0.1, 0.15) is 11.2 Å². The normalized spacial score (nSPS) is 11.4. The van der Waals surface area contributed by atoms with E-state index in [-0.39, 0.29) is 11.3 Å². The van der Waals surface area contributed by atoms with Crippen LogP contribution in [0.5, 0.6) is 0 Å². The molecule has 0 aliphatic heterocycles. The zero-order valence-corrected chi connectivity index (χ0v) is 14.9. The van der Waals surface area contributed by atoms with Crippen LogP contribution >= 0.6 is 23.1 Å². The topological polar surface area (TPSA) is 67.8 Å². The molecule has 0 fully saturated rings. The summed E-state index contributed by atoms with van der Waals surface area (Å²) in [5.74, 6) is -0.533. The number of para-hydroxylation sites is 1. The molecule has 2 heterocycles. The number of carbonyl (C=O) groups excluding carboxylic acids is 1. The molecule has 3 aromatic rings. The molecule has 0 unspecified atom stereocenters. The number of rotatable bonds is 4. The first-order chi connectivity index (χ1) is 12.3. The molecule has 26 heavy (non-hydrogen) atoms. The maximum atomic E-state index is 12.7. The summed E-state index contributed by atoms with van der Waals surface area (Å²) in [5, 5.41) is 10.4. The molecule has 10 heteroatoms. The van der Waals surface area contributed by atoms with Crippen LogP contribution in [0, 0.1) is 6.92 Å². The molecule has 0 aliphatic rings. The highest BCUT2D eigenvalue weighted by Crippen LogP contribution is 2.34. The number of hydrogen-bond donors (Lipinski definition) is 1. The fraction of sp³-hybridized carbons (Fsp3) is 0.125. The van der Waals surface area contributed by atoms with Crippen LogP contribution in [0.2, 0.25) is 0 Å². The van der Waals surface area contributed by atoms with Gasteiger partial charge in [0.25, 0.3) is 5.91 Å². The van der Waals surface area contributed by atoms with Crippen molar-refractivity contribution in [3.63, 3.8) is 0 Å². The van der Waals surface area contributed by atoms with Crippen molar-refractivity contribution in [2.24, 2.45) is 0 Å². The lowest BCUT2D eigenvalue weighted by atomic mass is 10.1. The third kappa shape index (κ3) is 4.20. The largest absolute Gasteiger partial charge is 0.433 e. The molecule has 0 radical (unpaired) electrons. The number of amides is 1. The first-order valence-corrected chi connectivity index (χ1v) is 8.93. The van der Waals surface area contributed by atoms with Gasteiger partial charge in [-0.05, 0) is 31.2 Å². The summed E-state index contributed by atoms with van der Waals surface area (Å²) in [4.78, 5) is 16.7. The van der Waals surface area contributed by atoms with Crippen LogP contribution in [0.15, 0.2) is 51.1 Å². The summed E-state index contributed by atoms with van der Waals surface area (Å²) in [7, 11) is 0. The van der Waals surface area contributed by atoms with Crippen molar-refractivity contribution in [3.8, 4) is 0 Å². The molecular formula is C16H11F3N4OS2. The maximum absolute atomic E-state index is 12.7. The number of alkyl halides is 3. The molecule has 1 aromatic carbocycles. The van der Waals surface area contributed by atoms with Crippen molar-refractivity contribution >= 4 is 34.7 Å². The Kier molecular flexibility index (Phi) is 5.23. The zero-order chi connectivity index (χ0) is 18.7. The van der Waals surface area contributed by atoms with Crippen LogP contribution in [0.25, 0.3) is 0 Å². The standard InChI is InChI=1S/C16H11F3N4OS2/c1-9-10(6-7-13(21-9)16(17,18)19)14(24)22-11-4-2-3-5-12(11)26-15-23-20-8-25-15/h2-8H,1H3,(H,22,24). The quantitative estimate of drug-likeness (QED) is 0.695. The highest BCUT2D eigenvalue weighted by molar-refractivity contribution is 8.01. The van der Waals surface area contributed by atoms with Gasteiger partial charge in [-0.25, -0.2) is 4.98 Å². The van der Waals surface area contributed by atoms with Gasteiger partial charge in [0, 0.05) is 4.90 Å². The molecule has 0 saturated heterocycles. The molecular weight excluding hydrogens is 385 g/mol. The third-order valence-electron chi connectivity index (χ3n) is 3.29. The van der Waals surface area contributed by atoms with Gasteiger partial charge in [-0.2, -0.15) is 13.2 Å². The first-order valence-electron chi connectivity index (χ1n) is 7.24. The lowest BCUT2D eigenvalue weighted by Gasteiger charge is -2.12. The van der Waals surface area contributed by atoms with Gasteiger partial charge in [0.15, 0.2) is 4.34 Å². The Morgan fingerprint density at radius 1 is 1.19 bits per heavy atom. The van der Waals surface area contributed by atoms with Crippen LogP contribution in [-0.4, -0.2) is 21.1 Å². The summed E-state index contributed by atoms with van der Waals surface area (Å²) in [6.07, 6.45) is -4.55. The second kappa shape index (κ2) is 7.42. The van der Waals surface area contributed by atoms with Crippen molar-refractivity contribution < 1.29 is 18.0 Å². The second-order valence-electron chi connectivity index (χ2n) is 5.08. The summed E-state index contributed by atoms with van der Waals surface area (Å²) in [5.41, 5.74) is 1.18. The number of aromatic nitrogens is 3. The van der Waals surface area contributed by atoms with E-state index in [1.54, 1.807) is 23.7 Å². The molecule has 0 atom stereocenters. The van der Waals surface area contributed by atoms with E-state index in [4.69, 9.17) is 0 Å². The summed E-state index contributed by atoms with van der Waals surface area (Å²) >= 11 is 2.69. The number of pyridine rings is 1. The van der Waals surface area contributed by atoms with Gasteiger partial charge in [-0.15, -0.1) is 10.2 Å². The van der Waals surface area contributed by atoms with Crippen LogP contribution < -0.4 is 5.32 Å². The van der Waals surface area contributed by atoms with E-state index < -0.39 is 17.8 Å². The molecule has 3 rings (SSSR count). The molecule has 5 nitrogen and oxygen atoms in total. The average Bonchev–Trinajstić information content (AvgIpc) is 3.08. The molecule has 1 N–H and O–H groups in total. The third-order valence-corrected chi connectivity index (χ3v) is 5.15. The van der Waals surface area contributed by atoms with Gasteiger partial charge < -0.3 is 5.32 Å². The number of anilines is 1. The maximum Gasteiger partial charge on any atom is 0.433 e. The van der Waals surface area contributed by atoms with Crippen molar-refractivity contribution in [1.82, 2.24) is 15.2 Å². The number of carbonyl (C=O) groups is 1. The second-order valence-corrected chi connectivity index (χ2v) is 7.21. The number of hydrogen-bond acceptors (Lipinski definition) is 6. The molecule has 2 aromatic heterocycles. The van der Waals surface area contributed by atoms with E-state index in [9.17, 15) is 18.0 Å².